The number of aryl methyl sites for hydroxylation is 1. The Hall–Kier alpha value is -2.50. The van der Waals surface area contributed by atoms with Crippen molar-refractivity contribution in [3.05, 3.63) is 41.7 Å². The molecule has 6 heteroatoms. The number of nitrogen functional groups attached to an aromatic ring is 1. The number of benzene rings is 1. The fourth-order valence-corrected chi connectivity index (χ4v) is 1.93. The number of anilines is 2. The summed E-state index contributed by atoms with van der Waals surface area (Å²) in [5.41, 5.74) is 8.82. The third-order valence-corrected chi connectivity index (χ3v) is 3.09. The average Bonchev–Trinajstić information content (AvgIpc) is 2.85. The summed E-state index contributed by atoms with van der Waals surface area (Å²) in [4.78, 5) is 11.5. The zero-order valence-electron chi connectivity index (χ0n) is 11.6. The predicted molar refractivity (Wildman–Crippen MR) is 77.6 cm³/mol. The van der Waals surface area contributed by atoms with Crippen molar-refractivity contribution in [2.45, 2.75) is 6.42 Å². The van der Waals surface area contributed by atoms with Crippen molar-refractivity contribution >= 4 is 17.3 Å². The lowest BCUT2D eigenvalue weighted by Gasteiger charge is -2.11. The first-order valence-electron chi connectivity index (χ1n) is 6.30. The van der Waals surface area contributed by atoms with E-state index in [9.17, 15) is 4.79 Å². The second kappa shape index (κ2) is 6.10. The Morgan fingerprint density at radius 3 is 2.90 bits per heavy atom. The van der Waals surface area contributed by atoms with Gasteiger partial charge in [-0.2, -0.15) is 5.10 Å². The summed E-state index contributed by atoms with van der Waals surface area (Å²) < 4.78 is 6.52. The molecule has 1 aromatic carbocycles. The monoisotopic (exact) mass is 274 g/mol. The van der Waals surface area contributed by atoms with Crippen molar-refractivity contribution < 1.29 is 9.53 Å². The lowest BCUT2D eigenvalue weighted by atomic mass is 10.1. The van der Waals surface area contributed by atoms with Gasteiger partial charge in [-0.05, 0) is 24.3 Å². The summed E-state index contributed by atoms with van der Waals surface area (Å²) in [5, 5.41) is 7.34. The molecule has 2 aromatic rings. The van der Waals surface area contributed by atoms with Crippen molar-refractivity contribution in [3.63, 3.8) is 0 Å². The van der Waals surface area contributed by atoms with Crippen LogP contribution in [0.15, 0.2) is 30.5 Å². The summed E-state index contributed by atoms with van der Waals surface area (Å²) in [6.45, 7) is 0.703. The van der Waals surface area contributed by atoms with Crippen LogP contribution < -0.4 is 11.1 Å². The number of carbonyl (C=O) groups is 1. The van der Waals surface area contributed by atoms with Crippen LogP contribution in [0.2, 0.25) is 0 Å². The fraction of sp³-hybridized carbons (Fsp3) is 0.286. The van der Waals surface area contributed by atoms with E-state index in [1.54, 1.807) is 24.4 Å². The maximum Gasteiger partial charge on any atom is 0.337 e. The van der Waals surface area contributed by atoms with Gasteiger partial charge < -0.3 is 15.8 Å². The van der Waals surface area contributed by atoms with Crippen molar-refractivity contribution in [1.82, 2.24) is 9.78 Å². The summed E-state index contributed by atoms with van der Waals surface area (Å²) in [6.07, 6.45) is 2.58. The molecule has 1 aromatic heterocycles. The van der Waals surface area contributed by atoms with Gasteiger partial charge in [0.25, 0.3) is 0 Å². The number of hydrogen-bond donors (Lipinski definition) is 2. The first kappa shape index (κ1) is 13.9. The zero-order chi connectivity index (χ0) is 14.5. The van der Waals surface area contributed by atoms with Crippen molar-refractivity contribution in [3.8, 4) is 0 Å². The van der Waals surface area contributed by atoms with E-state index in [1.807, 2.05) is 17.8 Å². The molecule has 20 heavy (non-hydrogen) atoms. The summed E-state index contributed by atoms with van der Waals surface area (Å²) in [6, 6.07) is 7.01. The van der Waals surface area contributed by atoms with Crippen LogP contribution in [0.1, 0.15) is 16.1 Å². The topological polar surface area (TPSA) is 82.2 Å². The molecule has 2 rings (SSSR count). The van der Waals surface area contributed by atoms with E-state index in [-0.39, 0.29) is 5.97 Å². The van der Waals surface area contributed by atoms with Crippen molar-refractivity contribution in [1.29, 1.82) is 0 Å². The SMILES string of the molecule is COC(=O)c1ccc(N)c(NCCc2ccnn2C)c1. The van der Waals surface area contributed by atoms with Gasteiger partial charge >= 0.3 is 5.97 Å². The molecule has 0 aliphatic heterocycles. The normalized spacial score (nSPS) is 10.3. The average molecular weight is 274 g/mol. The smallest absolute Gasteiger partial charge is 0.337 e. The van der Waals surface area contributed by atoms with Crippen LogP contribution in [0.5, 0.6) is 0 Å². The first-order valence-corrected chi connectivity index (χ1v) is 6.30. The van der Waals surface area contributed by atoms with Gasteiger partial charge in [0, 0.05) is 31.9 Å². The molecule has 6 nitrogen and oxygen atoms in total. The fourth-order valence-electron chi connectivity index (χ4n) is 1.93. The minimum Gasteiger partial charge on any atom is -0.465 e. The van der Waals surface area contributed by atoms with Crippen LogP contribution in [0.4, 0.5) is 11.4 Å². The van der Waals surface area contributed by atoms with E-state index in [0.29, 0.717) is 17.8 Å². The van der Waals surface area contributed by atoms with Crippen LogP contribution >= 0.6 is 0 Å². The molecule has 0 amide bonds. The molecule has 0 aliphatic carbocycles. The van der Waals surface area contributed by atoms with Crippen LogP contribution in [-0.2, 0) is 18.2 Å². The Balaban J connectivity index is 2.02. The summed E-state index contributed by atoms with van der Waals surface area (Å²) >= 11 is 0. The third kappa shape index (κ3) is 3.09. The van der Waals surface area contributed by atoms with Gasteiger partial charge in [-0.1, -0.05) is 0 Å². The number of hydrogen-bond acceptors (Lipinski definition) is 5. The molecule has 0 aliphatic rings. The number of rotatable bonds is 5. The maximum absolute atomic E-state index is 11.5. The second-order valence-corrected chi connectivity index (χ2v) is 4.42. The number of aromatic nitrogens is 2. The molecule has 0 fully saturated rings. The van der Waals surface area contributed by atoms with E-state index in [4.69, 9.17) is 10.5 Å². The molecular formula is C14H18N4O2. The molecule has 0 spiro atoms. The largest absolute Gasteiger partial charge is 0.465 e. The predicted octanol–water partition coefficient (Wildman–Crippen LogP) is 1.44. The van der Waals surface area contributed by atoms with E-state index in [1.165, 1.54) is 7.11 Å². The Morgan fingerprint density at radius 2 is 2.25 bits per heavy atom. The highest BCUT2D eigenvalue weighted by atomic mass is 16.5. The number of nitrogens with zero attached hydrogens (tertiary/aromatic N) is 2. The third-order valence-electron chi connectivity index (χ3n) is 3.09. The molecule has 0 radical (unpaired) electrons. The van der Waals surface area contributed by atoms with Crippen LogP contribution in [0.25, 0.3) is 0 Å². The van der Waals surface area contributed by atoms with E-state index in [2.05, 4.69) is 10.4 Å². The lowest BCUT2D eigenvalue weighted by molar-refractivity contribution is 0.0601. The number of carbonyl (C=O) groups excluding carboxylic acids is 1. The highest BCUT2D eigenvalue weighted by molar-refractivity contribution is 5.91. The standard InChI is InChI=1S/C14H18N4O2/c1-18-11(6-8-17-18)5-7-16-13-9-10(14(19)20-2)3-4-12(13)15/h3-4,6,8-9,16H,5,7,15H2,1-2H3. The molecule has 0 saturated heterocycles. The van der Waals surface area contributed by atoms with Gasteiger partial charge in [-0.3, -0.25) is 4.68 Å². The van der Waals surface area contributed by atoms with Gasteiger partial charge in [0.05, 0.1) is 24.0 Å². The number of ether oxygens (including phenoxy) is 1. The molecule has 0 unspecified atom stereocenters. The van der Waals surface area contributed by atoms with Crippen molar-refractivity contribution in [2.75, 3.05) is 24.7 Å². The minimum atomic E-state index is -0.375. The number of nitrogens with two attached hydrogens (primary N) is 1. The molecule has 3 N–H and O–H groups in total. The maximum atomic E-state index is 11.5. The molecule has 106 valence electrons. The minimum absolute atomic E-state index is 0.375. The number of methoxy groups -OCH3 is 1. The van der Waals surface area contributed by atoms with Crippen LogP contribution in [0, 0.1) is 0 Å². The van der Waals surface area contributed by atoms with Crippen molar-refractivity contribution in [2.24, 2.45) is 7.05 Å². The first-order chi connectivity index (χ1) is 9.61. The lowest BCUT2D eigenvalue weighted by Crippen LogP contribution is -2.10. The quantitative estimate of drug-likeness (QED) is 0.637. The Kier molecular flexibility index (Phi) is 4.24. The van der Waals surface area contributed by atoms with Gasteiger partial charge in [0.2, 0.25) is 0 Å². The van der Waals surface area contributed by atoms with E-state index >= 15 is 0 Å². The Labute approximate surface area is 117 Å². The van der Waals surface area contributed by atoms with Gasteiger partial charge in [-0.25, -0.2) is 4.79 Å². The van der Waals surface area contributed by atoms with Gasteiger partial charge in [-0.15, -0.1) is 0 Å². The number of esters is 1. The van der Waals surface area contributed by atoms with Gasteiger partial charge in [0.15, 0.2) is 0 Å². The van der Waals surface area contributed by atoms with Crippen LogP contribution in [0.3, 0.4) is 0 Å². The summed E-state index contributed by atoms with van der Waals surface area (Å²) in [5.74, 6) is -0.375. The molecule has 1 heterocycles. The Bertz CT molecular complexity index is 607. The molecule has 0 saturated carbocycles. The highest BCUT2D eigenvalue weighted by Gasteiger charge is 2.08. The van der Waals surface area contributed by atoms with E-state index < -0.39 is 0 Å². The second-order valence-electron chi connectivity index (χ2n) is 4.42. The van der Waals surface area contributed by atoms with Crippen LogP contribution in [-0.4, -0.2) is 29.4 Å². The number of nitrogens with one attached hydrogen (secondary N) is 1. The molecule has 0 bridgehead atoms. The van der Waals surface area contributed by atoms with E-state index in [0.717, 1.165) is 17.8 Å². The highest BCUT2D eigenvalue weighted by Crippen LogP contribution is 2.20. The zero-order valence-corrected chi connectivity index (χ0v) is 11.6. The molecule has 0 atom stereocenters. The van der Waals surface area contributed by atoms with Gasteiger partial charge in [0.1, 0.15) is 0 Å². The molecular weight excluding hydrogens is 256 g/mol. The summed E-state index contributed by atoms with van der Waals surface area (Å²) in [7, 11) is 3.26. The Morgan fingerprint density at radius 1 is 1.45 bits per heavy atom.